The van der Waals surface area contributed by atoms with Gasteiger partial charge >= 0.3 is 0 Å². The molecule has 0 fully saturated rings. The molecule has 124 valence electrons. The molecular weight excluding hydrogens is 308 g/mol. The second-order valence-corrected chi connectivity index (χ2v) is 5.17. The molecule has 0 saturated heterocycles. The van der Waals surface area contributed by atoms with Crippen molar-refractivity contribution in [2.75, 3.05) is 19.8 Å². The number of aliphatic hydroxyl groups excluding tert-OH is 1. The molecule has 0 bridgehead atoms. The Hall–Kier alpha value is -1.50. The predicted octanol–water partition coefficient (Wildman–Crippen LogP) is 1.46. The van der Waals surface area contributed by atoms with Crippen molar-refractivity contribution in [1.29, 1.82) is 0 Å². The first-order chi connectivity index (χ1) is 10.5. The van der Waals surface area contributed by atoms with E-state index in [0.717, 1.165) is 12.0 Å². The number of nitrogens with two attached hydrogens (primary N) is 1. The lowest BCUT2D eigenvalue weighted by Crippen LogP contribution is -2.31. The molecule has 0 heterocycles. The zero-order valence-corrected chi connectivity index (χ0v) is 13.7. The van der Waals surface area contributed by atoms with Crippen molar-refractivity contribution in [3.8, 4) is 11.5 Å². The van der Waals surface area contributed by atoms with Gasteiger partial charge in [0.2, 0.25) is 0 Å². The summed E-state index contributed by atoms with van der Waals surface area (Å²) in [5.41, 5.74) is 5.97. The number of carbonyl (C=O) groups excluding carboxylic acids is 1. The minimum absolute atomic E-state index is 0.0279. The molecular formula is C15H23ClN2O4. The third-order valence-corrected chi connectivity index (χ3v) is 3.32. The van der Waals surface area contributed by atoms with Gasteiger partial charge in [-0.1, -0.05) is 18.5 Å². The molecule has 6 nitrogen and oxygen atoms in total. The van der Waals surface area contributed by atoms with E-state index in [0.29, 0.717) is 29.7 Å². The van der Waals surface area contributed by atoms with Gasteiger partial charge in [-0.15, -0.1) is 0 Å². The van der Waals surface area contributed by atoms with Crippen molar-refractivity contribution >= 4 is 17.5 Å². The van der Waals surface area contributed by atoms with Gasteiger partial charge in [0.15, 0.2) is 18.1 Å². The van der Waals surface area contributed by atoms with Crippen LogP contribution in [-0.4, -0.2) is 36.9 Å². The van der Waals surface area contributed by atoms with Gasteiger partial charge in [-0.2, -0.15) is 0 Å². The minimum atomic E-state index is -0.585. The summed E-state index contributed by atoms with van der Waals surface area (Å²) >= 11 is 6.20. The van der Waals surface area contributed by atoms with Crippen LogP contribution in [0.4, 0.5) is 0 Å². The average molecular weight is 331 g/mol. The molecule has 1 atom stereocenters. The predicted molar refractivity (Wildman–Crippen MR) is 85.3 cm³/mol. The largest absolute Gasteiger partial charge is 0.490 e. The summed E-state index contributed by atoms with van der Waals surface area (Å²) in [7, 11) is 0. The van der Waals surface area contributed by atoms with Crippen molar-refractivity contribution in [3.63, 3.8) is 0 Å². The van der Waals surface area contributed by atoms with E-state index in [9.17, 15) is 9.90 Å². The molecule has 0 radical (unpaired) electrons. The van der Waals surface area contributed by atoms with Gasteiger partial charge in [0.25, 0.3) is 5.91 Å². The van der Waals surface area contributed by atoms with E-state index >= 15 is 0 Å². The summed E-state index contributed by atoms with van der Waals surface area (Å²) in [4.78, 5) is 10.8. The van der Waals surface area contributed by atoms with Crippen molar-refractivity contribution in [2.45, 2.75) is 32.9 Å². The monoisotopic (exact) mass is 330 g/mol. The van der Waals surface area contributed by atoms with Crippen LogP contribution in [0.1, 0.15) is 25.8 Å². The number of hydrogen-bond acceptors (Lipinski definition) is 5. The van der Waals surface area contributed by atoms with Crippen LogP contribution in [0.2, 0.25) is 5.02 Å². The molecule has 0 saturated carbocycles. The van der Waals surface area contributed by atoms with E-state index in [1.807, 2.05) is 13.8 Å². The van der Waals surface area contributed by atoms with E-state index in [1.165, 1.54) is 0 Å². The van der Waals surface area contributed by atoms with Gasteiger partial charge in [0.05, 0.1) is 18.2 Å². The fraction of sp³-hybridized carbons (Fsp3) is 0.533. The number of carbonyl (C=O) groups is 1. The Balaban J connectivity index is 2.90. The molecule has 0 unspecified atom stereocenters. The minimum Gasteiger partial charge on any atom is -0.490 e. The van der Waals surface area contributed by atoms with Gasteiger partial charge in [-0.25, -0.2) is 0 Å². The summed E-state index contributed by atoms with van der Waals surface area (Å²) in [6.45, 7) is 4.62. The zero-order chi connectivity index (χ0) is 16.5. The Labute approximate surface area is 135 Å². The van der Waals surface area contributed by atoms with Gasteiger partial charge in [0.1, 0.15) is 0 Å². The number of halogens is 1. The molecule has 0 aromatic heterocycles. The number of ether oxygens (including phenoxy) is 2. The molecule has 4 N–H and O–H groups in total. The molecule has 0 aliphatic heterocycles. The highest BCUT2D eigenvalue weighted by atomic mass is 35.5. The maximum Gasteiger partial charge on any atom is 0.255 e. The Morgan fingerprint density at radius 3 is 2.68 bits per heavy atom. The number of aliphatic hydroxyl groups is 1. The summed E-state index contributed by atoms with van der Waals surface area (Å²) < 4.78 is 10.8. The van der Waals surface area contributed by atoms with Crippen LogP contribution in [0, 0.1) is 0 Å². The van der Waals surface area contributed by atoms with E-state index in [4.69, 9.17) is 26.8 Å². The van der Waals surface area contributed by atoms with Gasteiger partial charge in [-0.05, 0) is 31.0 Å². The van der Waals surface area contributed by atoms with Crippen molar-refractivity contribution in [3.05, 3.63) is 22.7 Å². The molecule has 22 heavy (non-hydrogen) atoms. The number of benzene rings is 1. The highest BCUT2D eigenvalue weighted by Gasteiger charge is 2.14. The van der Waals surface area contributed by atoms with E-state index in [1.54, 1.807) is 12.1 Å². The van der Waals surface area contributed by atoms with Crippen LogP contribution in [0.15, 0.2) is 12.1 Å². The van der Waals surface area contributed by atoms with Crippen molar-refractivity contribution in [2.24, 2.45) is 5.73 Å². The standard InChI is InChI=1S/C15H23ClN2O4/c1-3-11(8-19)18-7-10-5-12(16)15(22-9-14(17)20)13(6-10)21-4-2/h5-6,11,18-19H,3-4,7-9H2,1-2H3,(H2,17,20)/t11-/m0/s1. The first-order valence-electron chi connectivity index (χ1n) is 7.22. The maximum atomic E-state index is 10.8. The normalized spacial score (nSPS) is 12.0. The van der Waals surface area contributed by atoms with Crippen LogP contribution in [0.25, 0.3) is 0 Å². The van der Waals surface area contributed by atoms with Crippen LogP contribution >= 0.6 is 11.6 Å². The Kier molecular flexibility index (Phi) is 8.01. The van der Waals surface area contributed by atoms with E-state index in [2.05, 4.69) is 5.32 Å². The van der Waals surface area contributed by atoms with Crippen LogP contribution in [0.3, 0.4) is 0 Å². The molecule has 1 aromatic rings. The van der Waals surface area contributed by atoms with Crippen LogP contribution in [-0.2, 0) is 11.3 Å². The number of primary amides is 1. The molecule has 1 aromatic carbocycles. The summed E-state index contributed by atoms with van der Waals surface area (Å²) in [6, 6.07) is 3.56. The fourth-order valence-electron chi connectivity index (χ4n) is 1.87. The quantitative estimate of drug-likeness (QED) is 0.604. The molecule has 0 spiro atoms. The topological polar surface area (TPSA) is 93.8 Å². The molecule has 1 amide bonds. The summed E-state index contributed by atoms with van der Waals surface area (Å²) in [5, 5.41) is 12.8. The summed E-state index contributed by atoms with van der Waals surface area (Å²) in [6.07, 6.45) is 0.822. The lowest BCUT2D eigenvalue weighted by Gasteiger charge is -2.17. The average Bonchev–Trinajstić information content (AvgIpc) is 2.47. The number of amides is 1. The van der Waals surface area contributed by atoms with Gasteiger partial charge in [-0.3, -0.25) is 4.79 Å². The zero-order valence-electron chi connectivity index (χ0n) is 12.9. The molecule has 0 aliphatic rings. The maximum absolute atomic E-state index is 10.8. The third-order valence-electron chi connectivity index (χ3n) is 3.04. The Morgan fingerprint density at radius 1 is 1.41 bits per heavy atom. The van der Waals surface area contributed by atoms with Gasteiger partial charge in [0, 0.05) is 12.6 Å². The highest BCUT2D eigenvalue weighted by molar-refractivity contribution is 6.32. The second kappa shape index (κ2) is 9.50. The van der Waals surface area contributed by atoms with E-state index in [-0.39, 0.29) is 19.3 Å². The third kappa shape index (κ3) is 5.71. The molecule has 7 heteroatoms. The SMILES string of the molecule is CCOc1cc(CN[C@@H](CC)CO)cc(Cl)c1OCC(N)=O. The number of rotatable bonds is 10. The first kappa shape index (κ1) is 18.5. The first-order valence-corrected chi connectivity index (χ1v) is 7.60. The van der Waals surface area contributed by atoms with Crippen LogP contribution < -0.4 is 20.5 Å². The van der Waals surface area contributed by atoms with Crippen molar-refractivity contribution < 1.29 is 19.4 Å². The van der Waals surface area contributed by atoms with Crippen LogP contribution in [0.5, 0.6) is 11.5 Å². The Morgan fingerprint density at radius 2 is 2.14 bits per heavy atom. The lowest BCUT2D eigenvalue weighted by molar-refractivity contribution is -0.119. The van der Waals surface area contributed by atoms with Gasteiger partial charge < -0.3 is 25.6 Å². The summed E-state index contributed by atoms with van der Waals surface area (Å²) in [5.74, 6) is 0.184. The Bertz CT molecular complexity index is 493. The highest BCUT2D eigenvalue weighted by Crippen LogP contribution is 2.36. The number of hydrogen-bond donors (Lipinski definition) is 3. The fourth-order valence-corrected chi connectivity index (χ4v) is 2.16. The van der Waals surface area contributed by atoms with Crippen molar-refractivity contribution in [1.82, 2.24) is 5.32 Å². The van der Waals surface area contributed by atoms with E-state index < -0.39 is 5.91 Å². The molecule has 0 aliphatic carbocycles. The molecule has 1 rings (SSSR count). The lowest BCUT2D eigenvalue weighted by atomic mass is 10.1. The second-order valence-electron chi connectivity index (χ2n) is 4.76. The number of nitrogens with one attached hydrogen (secondary N) is 1. The smallest absolute Gasteiger partial charge is 0.255 e.